The second-order valence-electron chi connectivity index (χ2n) is 4.16. The van der Waals surface area contributed by atoms with E-state index in [0.717, 1.165) is 11.8 Å². The minimum Gasteiger partial charge on any atom is -0.0649 e. The molecule has 54 valence electrons. The Morgan fingerprint density at radius 2 is 1.89 bits per heavy atom. The van der Waals surface area contributed by atoms with Gasteiger partial charge in [0.05, 0.1) is 0 Å². The molecule has 0 saturated heterocycles. The third-order valence-electron chi connectivity index (χ3n) is 3.02. The van der Waals surface area contributed by atoms with E-state index in [4.69, 9.17) is 0 Å². The van der Waals surface area contributed by atoms with Crippen LogP contribution in [0.1, 0.15) is 40.5 Å². The van der Waals surface area contributed by atoms with E-state index in [1.807, 2.05) is 0 Å². The van der Waals surface area contributed by atoms with Crippen LogP contribution in [0.4, 0.5) is 0 Å². The van der Waals surface area contributed by atoms with Crippen LogP contribution in [0.2, 0.25) is 0 Å². The van der Waals surface area contributed by atoms with Crippen LogP contribution in [-0.2, 0) is 0 Å². The first-order chi connectivity index (χ1) is 4.08. The van der Waals surface area contributed by atoms with Crippen LogP contribution in [0.3, 0.4) is 0 Å². The molecule has 0 heteroatoms. The molecule has 0 heterocycles. The van der Waals surface area contributed by atoms with Crippen molar-refractivity contribution in [3.8, 4) is 0 Å². The summed E-state index contributed by atoms with van der Waals surface area (Å²) < 4.78 is 0. The van der Waals surface area contributed by atoms with Gasteiger partial charge in [-0.05, 0) is 23.7 Å². The summed E-state index contributed by atoms with van der Waals surface area (Å²) in [5, 5.41) is 0. The van der Waals surface area contributed by atoms with E-state index in [2.05, 4.69) is 27.7 Å². The lowest BCUT2D eigenvalue weighted by atomic mass is 9.84. The summed E-state index contributed by atoms with van der Waals surface area (Å²) in [6.07, 6.45) is 2.81. The van der Waals surface area contributed by atoms with Gasteiger partial charge in [0, 0.05) is 0 Å². The molecule has 1 aliphatic rings. The Labute approximate surface area is 58.7 Å². The van der Waals surface area contributed by atoms with Gasteiger partial charge in [-0.3, -0.25) is 0 Å². The lowest BCUT2D eigenvalue weighted by molar-refractivity contribution is 0.283. The highest BCUT2D eigenvalue weighted by Gasteiger charge is 2.43. The molecule has 0 N–H and O–H groups in total. The zero-order valence-corrected chi connectivity index (χ0v) is 7.07. The summed E-state index contributed by atoms with van der Waals surface area (Å²) in [4.78, 5) is 0. The number of hydrogen-bond acceptors (Lipinski definition) is 0. The summed E-state index contributed by atoms with van der Waals surface area (Å²) in [5.41, 5.74) is 0.624. The van der Waals surface area contributed by atoms with Gasteiger partial charge in [-0.2, -0.15) is 0 Å². The Hall–Kier alpha value is 0. The molecule has 2 atom stereocenters. The topological polar surface area (TPSA) is 0 Å². The predicted octanol–water partition coefficient (Wildman–Crippen LogP) is 3.08. The number of hydrogen-bond donors (Lipinski definition) is 0. The van der Waals surface area contributed by atoms with Crippen molar-refractivity contribution < 1.29 is 0 Å². The predicted molar refractivity (Wildman–Crippen MR) is 41.3 cm³/mol. The first-order valence-electron chi connectivity index (χ1n) is 4.08. The van der Waals surface area contributed by atoms with Gasteiger partial charge in [0.25, 0.3) is 0 Å². The maximum absolute atomic E-state index is 2.39. The summed E-state index contributed by atoms with van der Waals surface area (Å²) in [6, 6.07) is 0. The van der Waals surface area contributed by atoms with Crippen LogP contribution in [0.5, 0.6) is 0 Å². The summed E-state index contributed by atoms with van der Waals surface area (Å²) in [5.74, 6) is 2.04. The van der Waals surface area contributed by atoms with Crippen LogP contribution in [0.15, 0.2) is 0 Å². The molecule has 0 aliphatic heterocycles. The van der Waals surface area contributed by atoms with Crippen molar-refractivity contribution in [2.45, 2.75) is 40.5 Å². The average Bonchev–Trinajstić information content (AvgIpc) is 2.47. The molecule has 1 rings (SSSR count). The van der Waals surface area contributed by atoms with Crippen molar-refractivity contribution in [1.82, 2.24) is 0 Å². The highest BCUT2D eigenvalue weighted by atomic mass is 14.5. The normalized spacial score (nSPS) is 34.7. The molecule has 0 bridgehead atoms. The third-order valence-corrected chi connectivity index (χ3v) is 3.02. The molecule has 1 saturated carbocycles. The summed E-state index contributed by atoms with van der Waals surface area (Å²) in [7, 11) is 0. The molecule has 2 unspecified atom stereocenters. The minimum absolute atomic E-state index is 0.624. The van der Waals surface area contributed by atoms with Crippen LogP contribution in [0, 0.1) is 17.3 Å². The van der Waals surface area contributed by atoms with Crippen molar-refractivity contribution in [2.75, 3.05) is 0 Å². The van der Waals surface area contributed by atoms with Gasteiger partial charge in [-0.1, -0.05) is 34.1 Å². The Balaban J connectivity index is 2.41. The van der Waals surface area contributed by atoms with Crippen molar-refractivity contribution in [3.05, 3.63) is 0 Å². The van der Waals surface area contributed by atoms with E-state index < -0.39 is 0 Å². The fourth-order valence-electron chi connectivity index (χ4n) is 1.67. The van der Waals surface area contributed by atoms with E-state index in [1.54, 1.807) is 0 Å². The lowest BCUT2D eigenvalue weighted by Crippen LogP contribution is -2.12. The molecule has 1 aliphatic carbocycles. The quantitative estimate of drug-likeness (QED) is 0.533. The van der Waals surface area contributed by atoms with Gasteiger partial charge in [-0.15, -0.1) is 0 Å². The molecule has 0 aromatic carbocycles. The first-order valence-corrected chi connectivity index (χ1v) is 4.08. The van der Waals surface area contributed by atoms with Crippen molar-refractivity contribution in [3.63, 3.8) is 0 Å². The Kier molecular flexibility index (Phi) is 1.58. The van der Waals surface area contributed by atoms with Gasteiger partial charge in [0.15, 0.2) is 0 Å². The molecule has 0 spiro atoms. The van der Waals surface area contributed by atoms with Crippen molar-refractivity contribution >= 4 is 0 Å². The second kappa shape index (κ2) is 2.00. The van der Waals surface area contributed by atoms with E-state index >= 15 is 0 Å². The Morgan fingerprint density at radius 1 is 1.44 bits per heavy atom. The number of rotatable bonds is 2. The highest BCUT2D eigenvalue weighted by molar-refractivity contribution is 4.92. The average molecular weight is 126 g/mol. The van der Waals surface area contributed by atoms with Gasteiger partial charge >= 0.3 is 0 Å². The van der Waals surface area contributed by atoms with Crippen LogP contribution >= 0.6 is 0 Å². The Bertz CT molecular complexity index is 103. The van der Waals surface area contributed by atoms with E-state index in [-0.39, 0.29) is 0 Å². The highest BCUT2D eigenvalue weighted by Crippen LogP contribution is 2.51. The van der Waals surface area contributed by atoms with Crippen LogP contribution in [-0.4, -0.2) is 0 Å². The standard InChI is InChI=1S/C9H18/c1-5-9(3,4)8-6-7(8)2/h7-8H,5-6H2,1-4H3. The molecular formula is C9H18. The molecule has 9 heavy (non-hydrogen) atoms. The van der Waals surface area contributed by atoms with Gasteiger partial charge < -0.3 is 0 Å². The molecule has 1 fully saturated rings. The molecule has 0 nitrogen and oxygen atoms in total. The van der Waals surface area contributed by atoms with Gasteiger partial charge in [0.2, 0.25) is 0 Å². The van der Waals surface area contributed by atoms with Gasteiger partial charge in [-0.25, -0.2) is 0 Å². The molecule has 0 amide bonds. The molecule has 0 aromatic rings. The minimum atomic E-state index is 0.624. The summed E-state index contributed by atoms with van der Waals surface area (Å²) >= 11 is 0. The monoisotopic (exact) mass is 126 g/mol. The SMILES string of the molecule is CCC(C)(C)C1CC1C. The molecule has 0 aromatic heterocycles. The maximum Gasteiger partial charge on any atom is -0.0326 e. The van der Waals surface area contributed by atoms with E-state index in [0.29, 0.717) is 5.41 Å². The van der Waals surface area contributed by atoms with Crippen molar-refractivity contribution in [1.29, 1.82) is 0 Å². The largest absolute Gasteiger partial charge is 0.0649 e. The fourth-order valence-corrected chi connectivity index (χ4v) is 1.67. The van der Waals surface area contributed by atoms with E-state index in [1.165, 1.54) is 12.8 Å². The second-order valence-corrected chi connectivity index (χ2v) is 4.16. The first kappa shape index (κ1) is 7.11. The van der Waals surface area contributed by atoms with Crippen LogP contribution < -0.4 is 0 Å². The molecule has 0 radical (unpaired) electrons. The lowest BCUT2D eigenvalue weighted by Gasteiger charge is -2.22. The fraction of sp³-hybridized carbons (Fsp3) is 1.00. The molecular weight excluding hydrogens is 108 g/mol. The Morgan fingerprint density at radius 3 is 2.00 bits per heavy atom. The van der Waals surface area contributed by atoms with Crippen LogP contribution in [0.25, 0.3) is 0 Å². The van der Waals surface area contributed by atoms with Crippen molar-refractivity contribution in [2.24, 2.45) is 17.3 Å². The van der Waals surface area contributed by atoms with Gasteiger partial charge in [0.1, 0.15) is 0 Å². The zero-order chi connectivity index (χ0) is 7.07. The van der Waals surface area contributed by atoms with E-state index in [9.17, 15) is 0 Å². The zero-order valence-electron chi connectivity index (χ0n) is 7.07. The smallest absolute Gasteiger partial charge is 0.0326 e. The maximum atomic E-state index is 2.39. The summed E-state index contributed by atoms with van der Waals surface area (Å²) in [6.45, 7) is 9.44. The third kappa shape index (κ3) is 1.28.